The number of aromatic nitrogens is 5. The standard InChI is InChI=1S/C59H39N5/c1-2-20-43(21-3-1)63-54-30-11-9-26-48(54)52-36-40(32-34-55(52)63)41-31-33-49-47-25-8-10-29-53(47)64(56(49)37-41)44-22-12-19-42(35-44)57-60-58(50-27-13-17-38-15-4-6-23-45(38)50)62-59(61-57)51-28-14-18-39-16-5-7-24-46(39)51/h1-10,12-29,31-37H,11,30H2. The molecule has 0 N–H and O–H groups in total. The van der Waals surface area contributed by atoms with Crippen LogP contribution in [0.15, 0.2) is 206 Å². The van der Waals surface area contributed by atoms with Crippen molar-refractivity contribution in [1.29, 1.82) is 0 Å². The van der Waals surface area contributed by atoms with Crippen LogP contribution in [0.1, 0.15) is 17.7 Å². The molecule has 0 bridgehead atoms. The van der Waals surface area contributed by atoms with Gasteiger partial charge in [0.05, 0.1) is 16.6 Å². The minimum Gasteiger partial charge on any atom is -0.313 e. The van der Waals surface area contributed by atoms with E-state index in [9.17, 15) is 0 Å². The second-order valence-corrected chi connectivity index (χ2v) is 16.7. The summed E-state index contributed by atoms with van der Waals surface area (Å²) in [6, 6.07) is 71.6. The third-order valence-electron chi connectivity index (χ3n) is 13.0. The molecule has 64 heavy (non-hydrogen) atoms. The predicted molar refractivity (Wildman–Crippen MR) is 265 cm³/mol. The van der Waals surface area contributed by atoms with E-state index in [1.54, 1.807) is 0 Å². The number of nitrogens with zero attached hydrogens (tertiary/aromatic N) is 5. The minimum absolute atomic E-state index is 0.622. The summed E-state index contributed by atoms with van der Waals surface area (Å²) >= 11 is 0. The van der Waals surface area contributed by atoms with Crippen LogP contribution >= 0.6 is 0 Å². The summed E-state index contributed by atoms with van der Waals surface area (Å²) in [4.78, 5) is 15.8. The van der Waals surface area contributed by atoms with Gasteiger partial charge in [0.2, 0.25) is 0 Å². The van der Waals surface area contributed by atoms with Gasteiger partial charge in [-0.25, -0.2) is 15.0 Å². The molecular formula is C59H39N5. The molecule has 0 saturated carbocycles. The zero-order valence-electron chi connectivity index (χ0n) is 34.9. The lowest BCUT2D eigenvalue weighted by molar-refractivity contribution is 0.888. The third kappa shape index (κ3) is 5.82. The van der Waals surface area contributed by atoms with Crippen molar-refractivity contribution in [2.75, 3.05) is 0 Å². The Morgan fingerprint density at radius 2 is 0.938 bits per heavy atom. The smallest absolute Gasteiger partial charge is 0.164 e. The molecule has 9 aromatic carbocycles. The number of para-hydroxylation sites is 2. The first-order valence-electron chi connectivity index (χ1n) is 22.0. The van der Waals surface area contributed by atoms with Gasteiger partial charge in [-0.1, -0.05) is 164 Å². The average Bonchev–Trinajstić information content (AvgIpc) is 3.88. The van der Waals surface area contributed by atoms with Gasteiger partial charge in [0.25, 0.3) is 0 Å². The van der Waals surface area contributed by atoms with Gasteiger partial charge in [0.1, 0.15) is 0 Å². The highest BCUT2D eigenvalue weighted by molar-refractivity contribution is 6.10. The summed E-state index contributed by atoms with van der Waals surface area (Å²) in [5, 5.41) is 8.18. The molecule has 5 nitrogen and oxygen atoms in total. The minimum atomic E-state index is 0.622. The molecule has 300 valence electrons. The zero-order valence-corrected chi connectivity index (χ0v) is 34.9. The molecule has 12 aromatic rings. The number of hydrogen-bond acceptors (Lipinski definition) is 3. The number of benzene rings is 9. The summed E-state index contributed by atoms with van der Waals surface area (Å²) in [6.07, 6.45) is 6.71. The van der Waals surface area contributed by atoms with Crippen molar-refractivity contribution >= 4 is 60.3 Å². The Labute approximate surface area is 369 Å². The van der Waals surface area contributed by atoms with Crippen molar-refractivity contribution in [3.05, 3.63) is 218 Å². The van der Waals surface area contributed by atoms with Crippen molar-refractivity contribution < 1.29 is 0 Å². The Morgan fingerprint density at radius 1 is 0.359 bits per heavy atom. The van der Waals surface area contributed by atoms with Crippen LogP contribution in [-0.4, -0.2) is 24.1 Å². The van der Waals surface area contributed by atoms with Crippen LogP contribution in [0.2, 0.25) is 0 Å². The maximum Gasteiger partial charge on any atom is 0.164 e. The quantitative estimate of drug-likeness (QED) is 0.168. The second-order valence-electron chi connectivity index (χ2n) is 16.7. The van der Waals surface area contributed by atoms with Crippen LogP contribution in [0.5, 0.6) is 0 Å². The largest absolute Gasteiger partial charge is 0.313 e. The van der Waals surface area contributed by atoms with Crippen molar-refractivity contribution in [2.45, 2.75) is 12.8 Å². The predicted octanol–water partition coefficient (Wildman–Crippen LogP) is 14.8. The molecule has 0 spiro atoms. The van der Waals surface area contributed by atoms with E-state index in [0.717, 1.165) is 67.8 Å². The SMILES string of the molecule is C1=Cc2c(n(-c3ccccc3)c3ccc(-c4ccc5c6ccccc6n(-c6cccc(-c7nc(-c8cccc9ccccc89)nc(-c8cccc9ccccc89)n7)c6)c5c4)cc23)CC1. The molecule has 3 aromatic heterocycles. The van der Waals surface area contributed by atoms with E-state index >= 15 is 0 Å². The number of allylic oxidation sites excluding steroid dienone is 1. The van der Waals surface area contributed by atoms with Crippen LogP contribution in [0.4, 0.5) is 0 Å². The van der Waals surface area contributed by atoms with Crippen LogP contribution in [0.3, 0.4) is 0 Å². The summed E-state index contributed by atoms with van der Waals surface area (Å²) in [5.41, 5.74) is 13.7. The van der Waals surface area contributed by atoms with Crippen LogP contribution in [0, 0.1) is 0 Å². The molecule has 0 aliphatic heterocycles. The van der Waals surface area contributed by atoms with Gasteiger partial charge < -0.3 is 9.13 Å². The fourth-order valence-electron chi connectivity index (χ4n) is 10.1. The highest BCUT2D eigenvalue weighted by Gasteiger charge is 2.21. The lowest BCUT2D eigenvalue weighted by atomic mass is 9.98. The van der Waals surface area contributed by atoms with E-state index in [-0.39, 0.29) is 0 Å². The van der Waals surface area contributed by atoms with Crippen LogP contribution in [-0.2, 0) is 6.42 Å². The fourth-order valence-corrected chi connectivity index (χ4v) is 10.1. The molecule has 13 rings (SSSR count). The molecule has 0 saturated heterocycles. The van der Waals surface area contributed by atoms with E-state index in [1.165, 1.54) is 49.7 Å². The lowest BCUT2D eigenvalue weighted by Crippen LogP contribution is -2.02. The Hall–Kier alpha value is -8.41. The van der Waals surface area contributed by atoms with Gasteiger partial charge in [0.15, 0.2) is 17.5 Å². The summed E-state index contributed by atoms with van der Waals surface area (Å²) < 4.78 is 4.85. The molecule has 1 aliphatic carbocycles. The van der Waals surface area contributed by atoms with E-state index < -0.39 is 0 Å². The lowest BCUT2D eigenvalue weighted by Gasteiger charge is -2.13. The summed E-state index contributed by atoms with van der Waals surface area (Å²) in [6.45, 7) is 0. The van der Waals surface area contributed by atoms with Gasteiger partial charge >= 0.3 is 0 Å². The second kappa shape index (κ2) is 14.6. The Kier molecular flexibility index (Phi) is 8.28. The fraction of sp³-hybridized carbons (Fsp3) is 0.0339. The van der Waals surface area contributed by atoms with Gasteiger partial charge in [-0.3, -0.25) is 0 Å². The van der Waals surface area contributed by atoms with Gasteiger partial charge in [0, 0.05) is 55.5 Å². The topological polar surface area (TPSA) is 48.5 Å². The molecule has 3 heterocycles. The normalized spacial score (nSPS) is 12.5. The maximum atomic E-state index is 5.27. The van der Waals surface area contributed by atoms with Crippen molar-refractivity contribution in [2.24, 2.45) is 0 Å². The highest BCUT2D eigenvalue weighted by Crippen LogP contribution is 2.40. The van der Waals surface area contributed by atoms with Gasteiger partial charge in [-0.15, -0.1) is 0 Å². The van der Waals surface area contributed by atoms with Gasteiger partial charge in [-0.05, 0) is 94.0 Å². The van der Waals surface area contributed by atoms with Crippen molar-refractivity contribution in [1.82, 2.24) is 24.1 Å². The molecule has 0 amide bonds. The van der Waals surface area contributed by atoms with E-state index in [4.69, 9.17) is 15.0 Å². The molecule has 0 radical (unpaired) electrons. The monoisotopic (exact) mass is 817 g/mol. The van der Waals surface area contributed by atoms with Crippen molar-refractivity contribution in [3.63, 3.8) is 0 Å². The molecular weight excluding hydrogens is 779 g/mol. The van der Waals surface area contributed by atoms with Crippen molar-refractivity contribution in [3.8, 4) is 56.7 Å². The van der Waals surface area contributed by atoms with E-state index in [0.29, 0.717) is 17.5 Å². The molecule has 0 fully saturated rings. The first-order chi connectivity index (χ1) is 31.7. The highest BCUT2D eigenvalue weighted by atomic mass is 15.0. The molecule has 0 atom stereocenters. The summed E-state index contributed by atoms with van der Waals surface area (Å²) in [5.74, 6) is 1.91. The summed E-state index contributed by atoms with van der Waals surface area (Å²) in [7, 11) is 0. The van der Waals surface area contributed by atoms with Gasteiger partial charge in [-0.2, -0.15) is 0 Å². The zero-order chi connectivity index (χ0) is 42.1. The number of fused-ring (bicyclic) bond motifs is 8. The van der Waals surface area contributed by atoms with E-state index in [2.05, 4.69) is 221 Å². The maximum absolute atomic E-state index is 5.27. The molecule has 1 aliphatic rings. The van der Waals surface area contributed by atoms with Crippen LogP contribution < -0.4 is 0 Å². The Balaban J connectivity index is 0.984. The number of rotatable bonds is 6. The molecule has 0 unspecified atom stereocenters. The number of hydrogen-bond donors (Lipinski definition) is 0. The first kappa shape index (κ1) is 36.3. The Morgan fingerprint density at radius 3 is 1.70 bits per heavy atom. The average molecular weight is 818 g/mol. The Bertz CT molecular complexity index is 3740. The third-order valence-corrected chi connectivity index (χ3v) is 13.0. The molecule has 5 heteroatoms. The first-order valence-corrected chi connectivity index (χ1v) is 22.0. The van der Waals surface area contributed by atoms with E-state index in [1.807, 2.05) is 0 Å². The van der Waals surface area contributed by atoms with Crippen LogP contribution in [0.25, 0.3) is 117 Å².